The van der Waals surface area contributed by atoms with Gasteiger partial charge in [0.25, 0.3) is 5.91 Å². The average Bonchev–Trinajstić information content (AvgIpc) is 3.14. The highest BCUT2D eigenvalue weighted by molar-refractivity contribution is 7.12. The molecule has 23 heavy (non-hydrogen) atoms. The lowest BCUT2D eigenvalue weighted by Gasteiger charge is -2.34. The van der Waals surface area contributed by atoms with E-state index >= 15 is 0 Å². The number of amides is 2. The summed E-state index contributed by atoms with van der Waals surface area (Å²) in [5, 5.41) is 4.95. The monoisotopic (exact) mass is 332 g/mol. The Balaban J connectivity index is 1.90. The molecule has 4 nitrogen and oxygen atoms in total. The molecule has 0 atom stereocenters. The Hall–Kier alpha value is -1.80. The van der Waals surface area contributed by atoms with Crippen LogP contribution in [0.15, 0.2) is 17.5 Å². The maximum atomic E-state index is 12.5. The lowest BCUT2D eigenvalue weighted by Crippen LogP contribution is -2.51. The van der Waals surface area contributed by atoms with Crippen molar-refractivity contribution in [3.63, 3.8) is 0 Å². The standard InChI is InChI=1S/C18H24N2O2S/c1-4-18(5-2,6-3)19-16(21)14-9-11-20(12-10-14)17(22)15-8-7-13-23-15/h1,7-8,13-14H,5-6,9-12H2,2-3H3,(H,19,21). The van der Waals surface area contributed by atoms with E-state index < -0.39 is 5.54 Å². The van der Waals surface area contributed by atoms with Gasteiger partial charge in [-0.2, -0.15) is 0 Å². The molecule has 1 aromatic heterocycles. The van der Waals surface area contributed by atoms with E-state index in [1.54, 1.807) is 0 Å². The second-order valence-corrected chi connectivity index (χ2v) is 6.91. The number of piperidine rings is 1. The number of nitrogens with zero attached hydrogens (tertiary/aromatic N) is 1. The summed E-state index contributed by atoms with van der Waals surface area (Å²) in [6, 6.07) is 3.72. The summed E-state index contributed by atoms with van der Waals surface area (Å²) < 4.78 is 0. The number of terminal acetylenes is 1. The lowest BCUT2D eigenvalue weighted by atomic mass is 9.90. The Morgan fingerprint density at radius 2 is 2.04 bits per heavy atom. The highest BCUT2D eigenvalue weighted by atomic mass is 32.1. The fraction of sp³-hybridized carbons (Fsp3) is 0.556. The third kappa shape index (κ3) is 3.94. The molecular formula is C18H24N2O2S. The van der Waals surface area contributed by atoms with E-state index in [0.29, 0.717) is 25.9 Å². The van der Waals surface area contributed by atoms with E-state index in [4.69, 9.17) is 6.42 Å². The van der Waals surface area contributed by atoms with Gasteiger partial charge in [0, 0.05) is 19.0 Å². The largest absolute Gasteiger partial charge is 0.340 e. The van der Waals surface area contributed by atoms with Crippen molar-refractivity contribution in [2.24, 2.45) is 5.92 Å². The van der Waals surface area contributed by atoms with Crippen LogP contribution in [0, 0.1) is 18.3 Å². The molecule has 2 amide bonds. The van der Waals surface area contributed by atoms with Gasteiger partial charge >= 0.3 is 0 Å². The Morgan fingerprint density at radius 1 is 1.39 bits per heavy atom. The van der Waals surface area contributed by atoms with E-state index in [1.807, 2.05) is 36.3 Å². The summed E-state index contributed by atoms with van der Waals surface area (Å²) in [6.07, 6.45) is 8.44. The van der Waals surface area contributed by atoms with E-state index in [1.165, 1.54) is 11.3 Å². The van der Waals surface area contributed by atoms with E-state index in [0.717, 1.165) is 17.7 Å². The van der Waals surface area contributed by atoms with Crippen molar-refractivity contribution in [3.05, 3.63) is 22.4 Å². The van der Waals surface area contributed by atoms with Gasteiger partial charge in [0.2, 0.25) is 5.91 Å². The van der Waals surface area contributed by atoms with Crippen LogP contribution in [-0.4, -0.2) is 35.3 Å². The third-order valence-electron chi connectivity index (χ3n) is 4.73. The number of carbonyl (C=O) groups is 2. The number of hydrogen-bond donors (Lipinski definition) is 1. The van der Waals surface area contributed by atoms with Gasteiger partial charge in [-0.1, -0.05) is 25.8 Å². The molecule has 1 saturated heterocycles. The molecule has 5 heteroatoms. The number of hydrogen-bond acceptors (Lipinski definition) is 3. The molecule has 0 unspecified atom stereocenters. The first kappa shape index (κ1) is 17.6. The SMILES string of the molecule is C#CC(CC)(CC)NC(=O)C1CCN(C(=O)c2cccs2)CC1. The van der Waals surface area contributed by atoms with Crippen LogP contribution in [0.3, 0.4) is 0 Å². The number of rotatable bonds is 5. The van der Waals surface area contributed by atoms with Crippen LogP contribution in [0.25, 0.3) is 0 Å². The number of nitrogens with one attached hydrogen (secondary N) is 1. The Kier molecular flexibility index (Phi) is 5.84. The maximum absolute atomic E-state index is 12.5. The molecule has 1 fully saturated rings. The first-order valence-corrected chi connectivity index (χ1v) is 9.05. The Bertz CT molecular complexity index is 577. The molecule has 0 spiro atoms. The maximum Gasteiger partial charge on any atom is 0.263 e. The fourth-order valence-electron chi connectivity index (χ4n) is 2.91. The fourth-order valence-corrected chi connectivity index (χ4v) is 3.60. The molecule has 2 rings (SSSR count). The Morgan fingerprint density at radius 3 is 2.52 bits per heavy atom. The molecule has 1 aliphatic rings. The average molecular weight is 332 g/mol. The van der Waals surface area contributed by atoms with Crippen molar-refractivity contribution in [1.29, 1.82) is 0 Å². The molecule has 0 aliphatic carbocycles. The predicted octanol–water partition coefficient (Wildman–Crippen LogP) is 2.91. The van der Waals surface area contributed by atoms with Crippen molar-refractivity contribution >= 4 is 23.2 Å². The minimum atomic E-state index is -0.541. The van der Waals surface area contributed by atoms with Crippen LogP contribution < -0.4 is 5.32 Å². The minimum absolute atomic E-state index is 0.0230. The highest BCUT2D eigenvalue weighted by Gasteiger charge is 2.32. The van der Waals surface area contributed by atoms with Crippen LogP contribution in [0.1, 0.15) is 49.2 Å². The molecule has 1 N–H and O–H groups in total. The van der Waals surface area contributed by atoms with Crippen LogP contribution >= 0.6 is 11.3 Å². The first-order valence-electron chi connectivity index (χ1n) is 8.17. The summed E-state index contributed by atoms with van der Waals surface area (Å²) in [5.41, 5.74) is -0.541. The van der Waals surface area contributed by atoms with Gasteiger partial charge in [-0.05, 0) is 37.1 Å². The predicted molar refractivity (Wildman–Crippen MR) is 93.2 cm³/mol. The third-order valence-corrected chi connectivity index (χ3v) is 5.59. The summed E-state index contributed by atoms with van der Waals surface area (Å²) >= 11 is 1.46. The molecule has 2 heterocycles. The van der Waals surface area contributed by atoms with Gasteiger partial charge in [0.15, 0.2) is 0 Å². The van der Waals surface area contributed by atoms with Crippen molar-refractivity contribution in [2.45, 2.75) is 45.1 Å². The summed E-state index contributed by atoms with van der Waals surface area (Å²) in [7, 11) is 0. The van der Waals surface area contributed by atoms with Crippen molar-refractivity contribution in [1.82, 2.24) is 10.2 Å². The zero-order valence-corrected chi connectivity index (χ0v) is 14.6. The van der Waals surface area contributed by atoms with Crippen molar-refractivity contribution in [2.75, 3.05) is 13.1 Å². The van der Waals surface area contributed by atoms with Crippen LogP contribution in [0.2, 0.25) is 0 Å². The zero-order valence-electron chi connectivity index (χ0n) is 13.8. The number of thiophene rings is 1. The van der Waals surface area contributed by atoms with Crippen LogP contribution in [-0.2, 0) is 4.79 Å². The van der Waals surface area contributed by atoms with Crippen molar-refractivity contribution < 1.29 is 9.59 Å². The second kappa shape index (κ2) is 7.65. The van der Waals surface area contributed by atoms with Crippen molar-refractivity contribution in [3.8, 4) is 12.3 Å². The summed E-state index contributed by atoms with van der Waals surface area (Å²) in [6.45, 7) is 5.23. The molecule has 124 valence electrons. The van der Waals surface area contributed by atoms with Gasteiger partial charge in [-0.3, -0.25) is 9.59 Å². The summed E-state index contributed by atoms with van der Waals surface area (Å²) in [5.74, 6) is 2.77. The number of carbonyl (C=O) groups excluding carboxylic acids is 2. The highest BCUT2D eigenvalue weighted by Crippen LogP contribution is 2.23. The lowest BCUT2D eigenvalue weighted by molar-refractivity contribution is -0.127. The van der Waals surface area contributed by atoms with Crippen LogP contribution in [0.5, 0.6) is 0 Å². The topological polar surface area (TPSA) is 49.4 Å². The van der Waals surface area contributed by atoms with Gasteiger partial charge in [0.1, 0.15) is 5.54 Å². The van der Waals surface area contributed by atoms with Gasteiger partial charge in [0.05, 0.1) is 4.88 Å². The normalized spacial score (nSPS) is 16.0. The van der Waals surface area contributed by atoms with Gasteiger partial charge < -0.3 is 10.2 Å². The van der Waals surface area contributed by atoms with E-state index in [9.17, 15) is 9.59 Å². The summed E-state index contributed by atoms with van der Waals surface area (Å²) in [4.78, 5) is 27.4. The second-order valence-electron chi connectivity index (χ2n) is 5.97. The quantitative estimate of drug-likeness (QED) is 0.843. The smallest absolute Gasteiger partial charge is 0.263 e. The first-order chi connectivity index (χ1) is 11.0. The molecule has 0 saturated carbocycles. The van der Waals surface area contributed by atoms with E-state index in [2.05, 4.69) is 11.2 Å². The van der Waals surface area contributed by atoms with Gasteiger partial charge in [-0.25, -0.2) is 0 Å². The minimum Gasteiger partial charge on any atom is -0.340 e. The molecule has 0 bridgehead atoms. The van der Waals surface area contributed by atoms with Crippen LogP contribution in [0.4, 0.5) is 0 Å². The molecule has 1 aromatic rings. The van der Waals surface area contributed by atoms with E-state index in [-0.39, 0.29) is 17.7 Å². The Labute approximate surface area is 142 Å². The molecule has 1 aliphatic heterocycles. The number of likely N-dealkylation sites (tertiary alicyclic amines) is 1. The molecule has 0 aromatic carbocycles. The molecule has 0 radical (unpaired) electrons. The van der Waals surface area contributed by atoms with Gasteiger partial charge in [-0.15, -0.1) is 17.8 Å². The zero-order chi connectivity index (χ0) is 16.9. The molecular weight excluding hydrogens is 308 g/mol.